The van der Waals surface area contributed by atoms with Crippen molar-refractivity contribution in [3.05, 3.63) is 29.8 Å². The van der Waals surface area contributed by atoms with Crippen LogP contribution in [0.15, 0.2) is 24.3 Å². The van der Waals surface area contributed by atoms with Crippen LogP contribution in [0.1, 0.15) is 49.4 Å². The molecule has 1 saturated heterocycles. The molecule has 5 heteroatoms. The predicted octanol–water partition coefficient (Wildman–Crippen LogP) is 2.36. The van der Waals surface area contributed by atoms with Crippen molar-refractivity contribution in [1.82, 2.24) is 10.2 Å². The number of carbonyl (C=O) groups is 2. The van der Waals surface area contributed by atoms with Gasteiger partial charge in [-0.2, -0.15) is 0 Å². The Balaban J connectivity index is 1.51. The number of ether oxygens (including phenoxy) is 1. The Morgan fingerprint density at radius 1 is 1.22 bits per heavy atom. The molecule has 1 aromatic rings. The second kappa shape index (κ2) is 7.02. The van der Waals surface area contributed by atoms with Crippen LogP contribution in [-0.2, 0) is 4.79 Å². The minimum Gasteiger partial charge on any atom is -0.491 e. The molecule has 2 amide bonds. The fourth-order valence-electron chi connectivity index (χ4n) is 2.93. The third kappa shape index (κ3) is 4.03. The molecule has 0 radical (unpaired) electrons. The molecule has 1 aliphatic heterocycles. The molecule has 0 aromatic heterocycles. The first kappa shape index (κ1) is 15.8. The van der Waals surface area contributed by atoms with Gasteiger partial charge in [-0.15, -0.1) is 0 Å². The van der Waals surface area contributed by atoms with Gasteiger partial charge in [0.05, 0.1) is 6.04 Å². The highest BCUT2D eigenvalue weighted by molar-refractivity contribution is 5.94. The number of hydrogen-bond acceptors (Lipinski definition) is 3. The summed E-state index contributed by atoms with van der Waals surface area (Å²) in [5, 5.41) is 2.97. The zero-order valence-corrected chi connectivity index (χ0v) is 13.6. The topological polar surface area (TPSA) is 58.6 Å². The monoisotopic (exact) mass is 316 g/mol. The van der Waals surface area contributed by atoms with E-state index in [-0.39, 0.29) is 17.9 Å². The van der Waals surface area contributed by atoms with E-state index in [0.717, 1.165) is 38.0 Å². The molecular formula is C18H24N2O3. The number of carbonyl (C=O) groups excluding carboxylic acids is 2. The van der Waals surface area contributed by atoms with E-state index < -0.39 is 0 Å². The van der Waals surface area contributed by atoms with Gasteiger partial charge in [0.15, 0.2) is 0 Å². The summed E-state index contributed by atoms with van der Waals surface area (Å²) in [6, 6.07) is 7.75. The van der Waals surface area contributed by atoms with Crippen molar-refractivity contribution < 1.29 is 14.3 Å². The van der Waals surface area contributed by atoms with E-state index in [1.807, 2.05) is 24.0 Å². The molecule has 5 nitrogen and oxygen atoms in total. The van der Waals surface area contributed by atoms with Gasteiger partial charge < -0.3 is 15.0 Å². The molecular weight excluding hydrogens is 292 g/mol. The summed E-state index contributed by atoms with van der Waals surface area (Å²) in [4.78, 5) is 25.7. The van der Waals surface area contributed by atoms with E-state index in [0.29, 0.717) is 24.6 Å². The number of nitrogens with zero attached hydrogens (tertiary/aromatic N) is 1. The first-order valence-corrected chi connectivity index (χ1v) is 8.50. The van der Waals surface area contributed by atoms with E-state index in [1.54, 1.807) is 12.1 Å². The SMILES string of the molecule is CCC(=O)N1CCCC1COc1ccc(C(=O)NC2CC2)cc1. The Labute approximate surface area is 137 Å². The van der Waals surface area contributed by atoms with Crippen LogP contribution in [0.4, 0.5) is 0 Å². The van der Waals surface area contributed by atoms with Crippen molar-refractivity contribution in [3.8, 4) is 5.75 Å². The normalized spacial score (nSPS) is 20.4. The van der Waals surface area contributed by atoms with Crippen molar-refractivity contribution in [2.24, 2.45) is 0 Å². The molecule has 1 saturated carbocycles. The van der Waals surface area contributed by atoms with Crippen molar-refractivity contribution in [3.63, 3.8) is 0 Å². The van der Waals surface area contributed by atoms with Crippen molar-refractivity contribution in [2.45, 2.75) is 51.1 Å². The molecule has 23 heavy (non-hydrogen) atoms. The summed E-state index contributed by atoms with van der Waals surface area (Å²) in [6.45, 7) is 3.24. The maximum Gasteiger partial charge on any atom is 0.251 e. The largest absolute Gasteiger partial charge is 0.491 e. The van der Waals surface area contributed by atoms with Gasteiger partial charge in [0, 0.05) is 24.6 Å². The second-order valence-corrected chi connectivity index (χ2v) is 6.32. The van der Waals surface area contributed by atoms with Gasteiger partial charge in [-0.3, -0.25) is 9.59 Å². The second-order valence-electron chi connectivity index (χ2n) is 6.32. The molecule has 1 unspecified atom stereocenters. The summed E-state index contributed by atoms with van der Waals surface area (Å²) in [5.74, 6) is 0.918. The lowest BCUT2D eigenvalue weighted by Crippen LogP contribution is -2.38. The highest BCUT2D eigenvalue weighted by Gasteiger charge is 2.28. The highest BCUT2D eigenvalue weighted by Crippen LogP contribution is 2.21. The molecule has 1 atom stereocenters. The summed E-state index contributed by atoms with van der Waals surface area (Å²) in [7, 11) is 0. The molecule has 1 heterocycles. The molecule has 2 fully saturated rings. The number of hydrogen-bond donors (Lipinski definition) is 1. The average molecular weight is 316 g/mol. The van der Waals surface area contributed by atoms with Crippen LogP contribution >= 0.6 is 0 Å². The third-order valence-corrected chi connectivity index (χ3v) is 4.47. The van der Waals surface area contributed by atoms with Gasteiger partial charge in [0.2, 0.25) is 5.91 Å². The Hall–Kier alpha value is -2.04. The predicted molar refractivity (Wildman–Crippen MR) is 87.5 cm³/mol. The third-order valence-electron chi connectivity index (χ3n) is 4.47. The molecule has 0 spiro atoms. The quantitative estimate of drug-likeness (QED) is 0.876. The summed E-state index contributed by atoms with van der Waals surface area (Å²) >= 11 is 0. The van der Waals surface area contributed by atoms with E-state index in [1.165, 1.54) is 0 Å². The highest BCUT2D eigenvalue weighted by atomic mass is 16.5. The van der Waals surface area contributed by atoms with Gasteiger partial charge >= 0.3 is 0 Å². The Morgan fingerprint density at radius 3 is 2.61 bits per heavy atom. The van der Waals surface area contributed by atoms with Gasteiger partial charge in [0.1, 0.15) is 12.4 Å². The Bertz CT molecular complexity index is 566. The van der Waals surface area contributed by atoms with Crippen molar-refractivity contribution >= 4 is 11.8 Å². The van der Waals surface area contributed by atoms with Gasteiger partial charge in [-0.1, -0.05) is 6.92 Å². The molecule has 124 valence electrons. The fourth-order valence-corrected chi connectivity index (χ4v) is 2.93. The first-order chi connectivity index (χ1) is 11.2. The zero-order valence-electron chi connectivity index (χ0n) is 13.6. The Morgan fingerprint density at radius 2 is 1.96 bits per heavy atom. The van der Waals surface area contributed by atoms with Crippen LogP contribution in [-0.4, -0.2) is 41.9 Å². The van der Waals surface area contributed by atoms with Crippen LogP contribution in [0, 0.1) is 0 Å². The lowest BCUT2D eigenvalue weighted by atomic mass is 10.2. The maximum absolute atomic E-state index is 11.9. The zero-order chi connectivity index (χ0) is 16.2. The molecule has 1 aliphatic carbocycles. The van der Waals surface area contributed by atoms with Crippen LogP contribution in [0.2, 0.25) is 0 Å². The van der Waals surface area contributed by atoms with Crippen molar-refractivity contribution in [1.29, 1.82) is 0 Å². The number of rotatable bonds is 6. The van der Waals surface area contributed by atoms with E-state index in [4.69, 9.17) is 4.74 Å². The summed E-state index contributed by atoms with van der Waals surface area (Å²) in [5.41, 5.74) is 0.660. The molecule has 1 aromatic carbocycles. The van der Waals surface area contributed by atoms with Gasteiger partial charge in [-0.25, -0.2) is 0 Å². The van der Waals surface area contributed by atoms with Crippen LogP contribution in [0.5, 0.6) is 5.75 Å². The van der Waals surface area contributed by atoms with Crippen LogP contribution in [0.3, 0.4) is 0 Å². The minimum atomic E-state index is -0.0189. The Kier molecular flexibility index (Phi) is 4.84. The molecule has 3 rings (SSSR count). The van der Waals surface area contributed by atoms with Gasteiger partial charge in [-0.05, 0) is 49.9 Å². The minimum absolute atomic E-state index is 0.0189. The van der Waals surface area contributed by atoms with Gasteiger partial charge in [0.25, 0.3) is 5.91 Å². The van der Waals surface area contributed by atoms with E-state index >= 15 is 0 Å². The molecule has 0 bridgehead atoms. The summed E-state index contributed by atoms with van der Waals surface area (Å²) in [6.07, 6.45) is 4.75. The van der Waals surface area contributed by atoms with Crippen molar-refractivity contribution in [2.75, 3.05) is 13.2 Å². The summed E-state index contributed by atoms with van der Waals surface area (Å²) < 4.78 is 5.82. The number of likely N-dealkylation sites (tertiary alicyclic amines) is 1. The molecule has 2 aliphatic rings. The van der Waals surface area contributed by atoms with Crippen LogP contribution < -0.4 is 10.1 Å². The first-order valence-electron chi connectivity index (χ1n) is 8.50. The van der Waals surface area contributed by atoms with Crippen LogP contribution in [0.25, 0.3) is 0 Å². The number of nitrogens with one attached hydrogen (secondary N) is 1. The number of amides is 2. The standard InChI is InChI=1S/C18H24N2O3/c1-2-17(21)20-11-3-4-15(20)12-23-16-9-5-13(6-10-16)18(22)19-14-7-8-14/h5-6,9-10,14-15H,2-4,7-8,11-12H2,1H3,(H,19,22). The van der Waals surface area contributed by atoms with E-state index in [9.17, 15) is 9.59 Å². The average Bonchev–Trinajstić information content (AvgIpc) is 3.26. The smallest absolute Gasteiger partial charge is 0.251 e. The lowest BCUT2D eigenvalue weighted by molar-refractivity contribution is -0.132. The maximum atomic E-state index is 11.9. The number of benzene rings is 1. The molecule has 1 N–H and O–H groups in total. The lowest BCUT2D eigenvalue weighted by Gasteiger charge is -2.24. The fraction of sp³-hybridized carbons (Fsp3) is 0.556. The van der Waals surface area contributed by atoms with E-state index in [2.05, 4.69) is 5.32 Å².